The smallest absolute Gasteiger partial charge is 0.0469 e. The molecule has 2 heterocycles. The van der Waals surface area contributed by atoms with Gasteiger partial charge in [0.25, 0.3) is 0 Å². The Bertz CT molecular complexity index is 283. The molecule has 3 heteroatoms. The van der Waals surface area contributed by atoms with Gasteiger partial charge in [-0.15, -0.1) is 0 Å². The maximum Gasteiger partial charge on any atom is 0.0469 e. The third-order valence-electron chi connectivity index (χ3n) is 3.09. The quantitative estimate of drug-likeness (QED) is 0.766. The minimum atomic E-state index is 0.808. The SMILES string of the molecule is c1cncc(CCNCC2CCOCC2)c1. The fraction of sp³-hybridized carbons (Fsp3) is 0.615. The zero-order valence-electron chi connectivity index (χ0n) is 9.69. The van der Waals surface area contributed by atoms with Gasteiger partial charge < -0.3 is 10.1 Å². The van der Waals surface area contributed by atoms with Crippen molar-refractivity contribution in [2.45, 2.75) is 19.3 Å². The van der Waals surface area contributed by atoms with Gasteiger partial charge in [0.15, 0.2) is 0 Å². The Morgan fingerprint density at radius 3 is 3.00 bits per heavy atom. The molecular formula is C13H20N2O. The lowest BCUT2D eigenvalue weighted by molar-refractivity contribution is 0.0664. The summed E-state index contributed by atoms with van der Waals surface area (Å²) in [6.07, 6.45) is 7.24. The summed E-state index contributed by atoms with van der Waals surface area (Å²) in [5, 5.41) is 3.52. The molecule has 0 aromatic carbocycles. The van der Waals surface area contributed by atoms with Crippen LogP contribution in [0.5, 0.6) is 0 Å². The van der Waals surface area contributed by atoms with Gasteiger partial charge in [-0.05, 0) is 49.9 Å². The largest absolute Gasteiger partial charge is 0.381 e. The first-order valence-corrected chi connectivity index (χ1v) is 6.12. The number of hydrogen-bond acceptors (Lipinski definition) is 3. The maximum atomic E-state index is 5.34. The lowest BCUT2D eigenvalue weighted by atomic mass is 10.0. The fourth-order valence-corrected chi connectivity index (χ4v) is 2.04. The summed E-state index contributed by atoms with van der Waals surface area (Å²) in [5.74, 6) is 0.808. The number of hydrogen-bond donors (Lipinski definition) is 1. The number of nitrogens with one attached hydrogen (secondary N) is 1. The molecule has 0 unspecified atom stereocenters. The molecule has 16 heavy (non-hydrogen) atoms. The molecule has 1 saturated heterocycles. The van der Waals surface area contributed by atoms with Crippen LogP contribution in [0, 0.1) is 5.92 Å². The monoisotopic (exact) mass is 220 g/mol. The van der Waals surface area contributed by atoms with Crippen LogP contribution in [0.1, 0.15) is 18.4 Å². The lowest BCUT2D eigenvalue weighted by Crippen LogP contribution is -2.29. The molecule has 1 N–H and O–H groups in total. The van der Waals surface area contributed by atoms with E-state index in [1.54, 1.807) is 0 Å². The first-order valence-electron chi connectivity index (χ1n) is 6.12. The number of pyridine rings is 1. The molecule has 2 rings (SSSR count). The van der Waals surface area contributed by atoms with Crippen LogP contribution in [0.4, 0.5) is 0 Å². The van der Waals surface area contributed by atoms with Crippen molar-refractivity contribution in [2.24, 2.45) is 5.92 Å². The normalized spacial score (nSPS) is 17.5. The van der Waals surface area contributed by atoms with Gasteiger partial charge in [-0.25, -0.2) is 0 Å². The van der Waals surface area contributed by atoms with Gasteiger partial charge in [0.2, 0.25) is 0 Å². The molecule has 1 aliphatic rings. The van der Waals surface area contributed by atoms with Crippen LogP contribution in [-0.2, 0) is 11.2 Å². The summed E-state index contributed by atoms with van der Waals surface area (Å²) < 4.78 is 5.34. The van der Waals surface area contributed by atoms with Gasteiger partial charge in [0, 0.05) is 25.6 Å². The van der Waals surface area contributed by atoms with E-state index in [9.17, 15) is 0 Å². The Morgan fingerprint density at radius 1 is 1.38 bits per heavy atom. The van der Waals surface area contributed by atoms with Gasteiger partial charge in [0.05, 0.1) is 0 Å². The third kappa shape index (κ3) is 3.91. The highest BCUT2D eigenvalue weighted by Crippen LogP contribution is 2.12. The molecular weight excluding hydrogens is 200 g/mol. The van der Waals surface area contributed by atoms with Crippen molar-refractivity contribution in [3.63, 3.8) is 0 Å². The first kappa shape index (κ1) is 11.6. The molecule has 0 aliphatic carbocycles. The molecule has 0 bridgehead atoms. The second kappa shape index (κ2) is 6.61. The van der Waals surface area contributed by atoms with Crippen molar-refractivity contribution < 1.29 is 4.74 Å². The average Bonchev–Trinajstić information content (AvgIpc) is 2.37. The number of nitrogens with zero attached hydrogens (tertiary/aromatic N) is 1. The third-order valence-corrected chi connectivity index (χ3v) is 3.09. The number of rotatable bonds is 5. The van der Waals surface area contributed by atoms with Gasteiger partial charge in [-0.3, -0.25) is 4.98 Å². The zero-order chi connectivity index (χ0) is 11.1. The van der Waals surface area contributed by atoms with Crippen molar-refractivity contribution in [2.75, 3.05) is 26.3 Å². The summed E-state index contributed by atoms with van der Waals surface area (Å²) in [6.45, 7) is 4.05. The topological polar surface area (TPSA) is 34.2 Å². The predicted octanol–water partition coefficient (Wildman–Crippen LogP) is 1.64. The molecule has 1 aromatic rings. The molecule has 0 saturated carbocycles. The van der Waals surface area contributed by atoms with Crippen LogP contribution >= 0.6 is 0 Å². The first-order chi connectivity index (χ1) is 7.95. The highest BCUT2D eigenvalue weighted by Gasteiger charge is 2.12. The Morgan fingerprint density at radius 2 is 2.25 bits per heavy atom. The van der Waals surface area contributed by atoms with Gasteiger partial charge in [0.1, 0.15) is 0 Å². The van der Waals surface area contributed by atoms with Crippen LogP contribution < -0.4 is 5.32 Å². The summed E-state index contributed by atoms with van der Waals surface area (Å²) in [4.78, 5) is 4.11. The molecule has 88 valence electrons. The van der Waals surface area contributed by atoms with Crippen molar-refractivity contribution in [1.82, 2.24) is 10.3 Å². The van der Waals surface area contributed by atoms with E-state index >= 15 is 0 Å². The van der Waals surface area contributed by atoms with Crippen LogP contribution in [0.15, 0.2) is 24.5 Å². The Kier molecular flexibility index (Phi) is 4.77. The van der Waals surface area contributed by atoms with Crippen LogP contribution in [0.3, 0.4) is 0 Å². The minimum absolute atomic E-state index is 0.808. The molecule has 1 aliphatic heterocycles. The van der Waals surface area contributed by atoms with E-state index in [-0.39, 0.29) is 0 Å². The van der Waals surface area contributed by atoms with E-state index in [0.29, 0.717) is 0 Å². The van der Waals surface area contributed by atoms with E-state index < -0.39 is 0 Å². The maximum absolute atomic E-state index is 5.34. The number of aromatic nitrogens is 1. The number of ether oxygens (including phenoxy) is 1. The van der Waals surface area contributed by atoms with Crippen LogP contribution in [-0.4, -0.2) is 31.3 Å². The zero-order valence-corrected chi connectivity index (χ0v) is 9.69. The van der Waals surface area contributed by atoms with Crippen LogP contribution in [0.2, 0.25) is 0 Å². The summed E-state index contributed by atoms with van der Waals surface area (Å²) in [6, 6.07) is 4.12. The fourth-order valence-electron chi connectivity index (χ4n) is 2.04. The average molecular weight is 220 g/mol. The van der Waals surface area contributed by atoms with E-state index in [0.717, 1.165) is 38.6 Å². The minimum Gasteiger partial charge on any atom is -0.381 e. The molecule has 0 amide bonds. The summed E-state index contributed by atoms with van der Waals surface area (Å²) in [5.41, 5.74) is 1.31. The van der Waals surface area contributed by atoms with Gasteiger partial charge in [-0.1, -0.05) is 6.07 Å². The van der Waals surface area contributed by atoms with E-state index in [2.05, 4.69) is 16.4 Å². The van der Waals surface area contributed by atoms with E-state index in [1.165, 1.54) is 18.4 Å². The molecule has 0 atom stereocenters. The highest BCUT2D eigenvalue weighted by molar-refractivity contribution is 5.08. The Hall–Kier alpha value is -0.930. The molecule has 1 aromatic heterocycles. The van der Waals surface area contributed by atoms with E-state index in [4.69, 9.17) is 4.74 Å². The Labute approximate surface area is 97.2 Å². The van der Waals surface area contributed by atoms with Crippen molar-refractivity contribution in [3.05, 3.63) is 30.1 Å². The highest BCUT2D eigenvalue weighted by atomic mass is 16.5. The van der Waals surface area contributed by atoms with E-state index in [1.807, 2.05) is 18.5 Å². The molecule has 0 radical (unpaired) electrons. The second-order valence-corrected chi connectivity index (χ2v) is 4.37. The molecule has 1 fully saturated rings. The van der Waals surface area contributed by atoms with Crippen molar-refractivity contribution >= 4 is 0 Å². The standard InChI is InChI=1S/C13H20N2O/c1-2-12(10-14-6-1)3-7-15-11-13-4-8-16-9-5-13/h1-2,6,10,13,15H,3-5,7-9,11H2. The van der Waals surface area contributed by atoms with Crippen molar-refractivity contribution in [1.29, 1.82) is 0 Å². The lowest BCUT2D eigenvalue weighted by Gasteiger charge is -2.22. The van der Waals surface area contributed by atoms with Crippen LogP contribution in [0.25, 0.3) is 0 Å². The molecule has 3 nitrogen and oxygen atoms in total. The Balaban J connectivity index is 1.58. The molecule has 0 spiro atoms. The van der Waals surface area contributed by atoms with Gasteiger partial charge in [-0.2, -0.15) is 0 Å². The summed E-state index contributed by atoms with van der Waals surface area (Å²) >= 11 is 0. The summed E-state index contributed by atoms with van der Waals surface area (Å²) in [7, 11) is 0. The van der Waals surface area contributed by atoms with Gasteiger partial charge >= 0.3 is 0 Å². The van der Waals surface area contributed by atoms with Crippen molar-refractivity contribution in [3.8, 4) is 0 Å². The second-order valence-electron chi connectivity index (χ2n) is 4.37. The predicted molar refractivity (Wildman–Crippen MR) is 64.4 cm³/mol.